The van der Waals surface area contributed by atoms with Crippen molar-refractivity contribution in [3.05, 3.63) is 33.6 Å². The van der Waals surface area contributed by atoms with Crippen molar-refractivity contribution in [1.82, 2.24) is 19.9 Å². The van der Waals surface area contributed by atoms with Crippen molar-refractivity contribution in [2.75, 3.05) is 19.6 Å². The topological polar surface area (TPSA) is 62.5 Å². The molecule has 2 aliphatic heterocycles. The summed E-state index contributed by atoms with van der Waals surface area (Å²) in [5.41, 5.74) is 1.34. The summed E-state index contributed by atoms with van der Waals surface area (Å²) in [6.07, 6.45) is 2.83. The molecule has 4 rings (SSSR count). The number of fused-ring (bicyclic) bond motifs is 1. The number of carbonyl (C=O) groups is 1. The number of aromatic nitrogens is 2. The van der Waals surface area contributed by atoms with E-state index in [9.17, 15) is 4.79 Å². The molecule has 4 heterocycles. The molecule has 0 bridgehead atoms. The van der Waals surface area contributed by atoms with Crippen molar-refractivity contribution in [3.63, 3.8) is 0 Å². The summed E-state index contributed by atoms with van der Waals surface area (Å²) in [6, 6.07) is 2.16. The van der Waals surface area contributed by atoms with Gasteiger partial charge in [0.2, 0.25) is 11.8 Å². The predicted molar refractivity (Wildman–Crippen MR) is 99.8 cm³/mol. The van der Waals surface area contributed by atoms with E-state index in [0.717, 1.165) is 51.3 Å². The van der Waals surface area contributed by atoms with E-state index in [4.69, 9.17) is 4.52 Å². The molecule has 7 heteroatoms. The average Bonchev–Trinajstić information content (AvgIpc) is 3.30. The van der Waals surface area contributed by atoms with Gasteiger partial charge in [0, 0.05) is 29.8 Å². The summed E-state index contributed by atoms with van der Waals surface area (Å²) in [5, 5.41) is 6.17. The van der Waals surface area contributed by atoms with E-state index in [1.807, 2.05) is 11.3 Å². The molecule has 0 N–H and O–H groups in total. The molecule has 6 nitrogen and oxygen atoms in total. The Labute approximate surface area is 158 Å². The Balaban J connectivity index is 1.28. The van der Waals surface area contributed by atoms with Gasteiger partial charge in [0.15, 0.2) is 5.82 Å². The van der Waals surface area contributed by atoms with Crippen molar-refractivity contribution in [2.45, 2.75) is 52.1 Å². The van der Waals surface area contributed by atoms with E-state index in [-0.39, 0.29) is 11.8 Å². The van der Waals surface area contributed by atoms with Crippen molar-refractivity contribution in [3.8, 4) is 0 Å². The van der Waals surface area contributed by atoms with E-state index < -0.39 is 0 Å². The van der Waals surface area contributed by atoms with Crippen molar-refractivity contribution in [1.29, 1.82) is 0 Å². The van der Waals surface area contributed by atoms with Crippen LogP contribution in [0.2, 0.25) is 0 Å². The third kappa shape index (κ3) is 3.69. The summed E-state index contributed by atoms with van der Waals surface area (Å²) >= 11 is 1.81. The minimum absolute atomic E-state index is 0.153. The predicted octanol–water partition coefficient (Wildman–Crippen LogP) is 3.05. The lowest BCUT2D eigenvalue weighted by atomic mass is 9.94. The third-order valence-electron chi connectivity index (χ3n) is 5.42. The van der Waals surface area contributed by atoms with E-state index in [2.05, 4.69) is 45.2 Å². The van der Waals surface area contributed by atoms with Crippen LogP contribution in [0, 0.1) is 5.92 Å². The van der Waals surface area contributed by atoms with Crippen LogP contribution in [0.5, 0.6) is 0 Å². The highest BCUT2D eigenvalue weighted by Gasteiger charge is 2.31. The molecule has 0 aromatic carbocycles. The summed E-state index contributed by atoms with van der Waals surface area (Å²) < 4.78 is 5.35. The van der Waals surface area contributed by atoms with Gasteiger partial charge in [-0.3, -0.25) is 9.69 Å². The lowest BCUT2D eigenvalue weighted by Crippen LogP contribution is -2.43. The molecular weight excluding hydrogens is 348 g/mol. The molecule has 26 heavy (non-hydrogen) atoms. The number of nitrogens with zero attached hydrogens (tertiary/aromatic N) is 4. The second-order valence-electron chi connectivity index (χ2n) is 7.63. The van der Waals surface area contributed by atoms with Crippen LogP contribution in [-0.2, 0) is 24.3 Å². The molecule has 2 aromatic rings. The van der Waals surface area contributed by atoms with Crippen molar-refractivity contribution >= 4 is 17.2 Å². The first-order valence-corrected chi connectivity index (χ1v) is 10.4. The van der Waals surface area contributed by atoms with Crippen LogP contribution >= 0.6 is 11.3 Å². The average molecular weight is 375 g/mol. The number of hydrogen-bond donors (Lipinski definition) is 0. The van der Waals surface area contributed by atoms with Crippen LogP contribution in [0.4, 0.5) is 0 Å². The normalized spacial score (nSPS) is 19.1. The summed E-state index contributed by atoms with van der Waals surface area (Å²) in [5.74, 6) is 2.22. The van der Waals surface area contributed by atoms with E-state index in [1.165, 1.54) is 10.4 Å². The van der Waals surface area contributed by atoms with Crippen LogP contribution in [0.25, 0.3) is 0 Å². The van der Waals surface area contributed by atoms with Crippen LogP contribution in [0.15, 0.2) is 16.0 Å². The second kappa shape index (κ2) is 7.48. The second-order valence-corrected chi connectivity index (χ2v) is 8.63. The zero-order valence-electron chi connectivity index (χ0n) is 15.5. The fourth-order valence-corrected chi connectivity index (χ4v) is 4.68. The highest BCUT2D eigenvalue weighted by molar-refractivity contribution is 7.10. The maximum absolute atomic E-state index is 12.9. The Morgan fingerprint density at radius 1 is 1.35 bits per heavy atom. The molecule has 0 spiro atoms. The molecule has 2 aliphatic rings. The van der Waals surface area contributed by atoms with Gasteiger partial charge >= 0.3 is 0 Å². The third-order valence-corrected chi connectivity index (χ3v) is 6.44. The van der Waals surface area contributed by atoms with Gasteiger partial charge in [0.05, 0.1) is 6.54 Å². The fourth-order valence-electron chi connectivity index (χ4n) is 3.79. The first-order valence-electron chi connectivity index (χ1n) is 9.49. The van der Waals surface area contributed by atoms with Crippen LogP contribution in [0.3, 0.4) is 0 Å². The molecule has 0 unspecified atom stereocenters. The van der Waals surface area contributed by atoms with Gasteiger partial charge in [0.25, 0.3) is 0 Å². The van der Waals surface area contributed by atoms with Gasteiger partial charge in [-0.2, -0.15) is 4.98 Å². The molecule has 0 saturated carbocycles. The summed E-state index contributed by atoms with van der Waals surface area (Å²) in [4.78, 5) is 23.2. The number of carbonyl (C=O) groups excluding carboxylic acids is 1. The number of hydrogen-bond acceptors (Lipinski definition) is 6. The first-order chi connectivity index (χ1) is 12.6. The standard InChI is InChI=1S/C19H26N4O2S/c1-13(2)18-20-17(25-21-18)12-22-7-3-14(4-8-22)19(24)23-9-5-16-15(11-23)6-10-26-16/h6,10,13-14H,3-5,7-9,11-12H2,1-2H3. The van der Waals surface area contributed by atoms with Gasteiger partial charge in [-0.1, -0.05) is 19.0 Å². The molecule has 0 aliphatic carbocycles. The maximum atomic E-state index is 12.9. The molecular formula is C19H26N4O2S. The Kier molecular flexibility index (Phi) is 5.09. The van der Waals surface area contributed by atoms with E-state index in [0.29, 0.717) is 18.3 Å². The van der Waals surface area contributed by atoms with Crippen molar-refractivity contribution in [2.24, 2.45) is 5.92 Å². The monoisotopic (exact) mass is 374 g/mol. The van der Waals surface area contributed by atoms with Gasteiger partial charge in [-0.25, -0.2) is 0 Å². The smallest absolute Gasteiger partial charge is 0.240 e. The fraction of sp³-hybridized carbons (Fsp3) is 0.632. The van der Waals surface area contributed by atoms with Crippen molar-refractivity contribution < 1.29 is 9.32 Å². The number of amides is 1. The Hall–Kier alpha value is -1.73. The lowest BCUT2D eigenvalue weighted by molar-refractivity contribution is -0.138. The Bertz CT molecular complexity index is 761. The highest BCUT2D eigenvalue weighted by Crippen LogP contribution is 2.27. The van der Waals surface area contributed by atoms with Gasteiger partial charge in [0.1, 0.15) is 0 Å². The first kappa shape index (κ1) is 17.7. The highest BCUT2D eigenvalue weighted by atomic mass is 32.1. The quantitative estimate of drug-likeness (QED) is 0.823. The number of thiophene rings is 1. The zero-order chi connectivity index (χ0) is 18.1. The molecule has 140 valence electrons. The van der Waals surface area contributed by atoms with E-state index in [1.54, 1.807) is 0 Å². The number of likely N-dealkylation sites (tertiary alicyclic amines) is 1. The lowest BCUT2D eigenvalue weighted by Gasteiger charge is -2.35. The molecule has 1 saturated heterocycles. The van der Waals surface area contributed by atoms with Gasteiger partial charge in [-0.05, 0) is 49.4 Å². The molecule has 0 atom stereocenters. The molecule has 1 amide bonds. The molecule has 1 fully saturated rings. The van der Waals surface area contributed by atoms with Crippen LogP contribution < -0.4 is 0 Å². The summed E-state index contributed by atoms with van der Waals surface area (Å²) in [7, 11) is 0. The minimum Gasteiger partial charge on any atom is -0.338 e. The van der Waals surface area contributed by atoms with Crippen LogP contribution in [0.1, 0.15) is 54.8 Å². The minimum atomic E-state index is 0.153. The summed E-state index contributed by atoms with van der Waals surface area (Å²) in [6.45, 7) is 8.28. The zero-order valence-corrected chi connectivity index (χ0v) is 16.3. The van der Waals surface area contributed by atoms with Gasteiger partial charge < -0.3 is 9.42 Å². The molecule has 2 aromatic heterocycles. The number of rotatable bonds is 4. The molecule has 0 radical (unpaired) electrons. The maximum Gasteiger partial charge on any atom is 0.240 e. The van der Waals surface area contributed by atoms with Crippen LogP contribution in [-0.4, -0.2) is 45.5 Å². The van der Waals surface area contributed by atoms with Gasteiger partial charge in [-0.15, -0.1) is 11.3 Å². The number of piperidine rings is 1. The Morgan fingerprint density at radius 3 is 2.88 bits per heavy atom. The SMILES string of the molecule is CC(C)c1noc(CN2CCC(C(=O)N3CCc4sccc4C3)CC2)n1. The Morgan fingerprint density at radius 2 is 2.15 bits per heavy atom. The van der Waals surface area contributed by atoms with E-state index >= 15 is 0 Å². The largest absolute Gasteiger partial charge is 0.338 e.